The van der Waals surface area contributed by atoms with Crippen molar-refractivity contribution in [3.63, 3.8) is 0 Å². The quantitative estimate of drug-likeness (QED) is 0.708. The van der Waals surface area contributed by atoms with E-state index < -0.39 is 7.27 Å². The maximum Gasteiger partial charge on any atom is 0.0529 e. The number of halogens is 1. The van der Waals surface area contributed by atoms with E-state index in [-0.39, 0.29) is 0 Å². The second kappa shape index (κ2) is 5.43. The molecule has 0 amide bonds. The lowest BCUT2D eigenvalue weighted by molar-refractivity contribution is 1.41. The van der Waals surface area contributed by atoms with Gasteiger partial charge in [-0.3, -0.25) is 0 Å². The fourth-order valence-corrected chi connectivity index (χ4v) is 4.74. The molecule has 0 spiro atoms. The van der Waals surface area contributed by atoms with Crippen LogP contribution in [0.15, 0.2) is 36.4 Å². The molecule has 0 bridgehead atoms. The summed E-state index contributed by atoms with van der Waals surface area (Å²) in [5.74, 6) is 0. The van der Waals surface area contributed by atoms with E-state index in [0.717, 1.165) is 0 Å². The molecule has 0 fully saturated rings. The van der Waals surface area contributed by atoms with E-state index in [4.69, 9.17) is 11.2 Å². The monoisotopic (exact) mass is 276 g/mol. The van der Waals surface area contributed by atoms with Crippen molar-refractivity contribution in [2.45, 2.75) is 27.7 Å². The van der Waals surface area contributed by atoms with E-state index in [9.17, 15) is 0 Å². The van der Waals surface area contributed by atoms with Gasteiger partial charge < -0.3 is 0 Å². The number of hydrogen-bond acceptors (Lipinski definition) is 0. The summed E-state index contributed by atoms with van der Waals surface area (Å²) in [7, 11) is -0.765. The molecule has 0 aliphatic rings. The van der Waals surface area contributed by atoms with Crippen molar-refractivity contribution in [3.05, 3.63) is 58.7 Å². The summed E-state index contributed by atoms with van der Waals surface area (Å²) >= 11 is 6.71. The fraction of sp³-hybridized carbons (Fsp3) is 0.250. The highest BCUT2D eigenvalue weighted by Gasteiger charge is 2.15. The Kier molecular flexibility index (Phi) is 4.10. The first-order chi connectivity index (χ1) is 8.49. The molecule has 0 radical (unpaired) electrons. The van der Waals surface area contributed by atoms with Crippen molar-refractivity contribution < 1.29 is 0 Å². The van der Waals surface area contributed by atoms with Crippen molar-refractivity contribution in [1.82, 2.24) is 0 Å². The van der Waals surface area contributed by atoms with Crippen molar-refractivity contribution in [3.8, 4) is 0 Å². The van der Waals surface area contributed by atoms with E-state index in [1.807, 2.05) is 0 Å². The van der Waals surface area contributed by atoms with Crippen LogP contribution in [0.3, 0.4) is 0 Å². The summed E-state index contributed by atoms with van der Waals surface area (Å²) in [6.45, 7) is 8.52. The summed E-state index contributed by atoms with van der Waals surface area (Å²) in [6, 6.07) is 13.0. The number of aryl methyl sites for hydroxylation is 4. The Bertz CT molecular complexity index is 524. The van der Waals surface area contributed by atoms with Gasteiger partial charge in [-0.2, -0.15) is 0 Å². The zero-order valence-corrected chi connectivity index (χ0v) is 12.9. The molecule has 0 nitrogen and oxygen atoms in total. The average Bonchev–Trinajstić information content (AvgIpc) is 2.28. The Morgan fingerprint density at radius 1 is 0.722 bits per heavy atom. The number of hydrogen-bond donors (Lipinski definition) is 0. The van der Waals surface area contributed by atoms with Gasteiger partial charge in [-0.1, -0.05) is 58.8 Å². The SMILES string of the molecule is Cc1ccc(P(Cl)c2ccc(C)cc2C)c(C)c1. The van der Waals surface area contributed by atoms with Gasteiger partial charge in [0.1, 0.15) is 0 Å². The molecule has 0 atom stereocenters. The van der Waals surface area contributed by atoms with Gasteiger partial charge in [-0.15, -0.1) is 0 Å². The first kappa shape index (κ1) is 13.6. The first-order valence-corrected chi connectivity index (χ1v) is 8.34. The minimum absolute atomic E-state index is 0.765. The Balaban J connectivity index is 2.44. The van der Waals surface area contributed by atoms with Crippen LogP contribution >= 0.6 is 18.5 Å². The molecule has 2 aromatic rings. The third kappa shape index (κ3) is 2.76. The zero-order valence-electron chi connectivity index (χ0n) is 11.3. The molecular weight excluding hydrogens is 259 g/mol. The molecule has 0 N–H and O–H groups in total. The minimum atomic E-state index is -0.765. The van der Waals surface area contributed by atoms with Crippen LogP contribution in [0.1, 0.15) is 22.3 Å². The van der Waals surface area contributed by atoms with E-state index in [1.165, 1.54) is 32.9 Å². The smallest absolute Gasteiger partial charge is 0.0529 e. The second-order valence-electron chi connectivity index (χ2n) is 4.86. The molecular formula is C16H18ClP. The van der Waals surface area contributed by atoms with E-state index in [0.29, 0.717) is 0 Å². The summed E-state index contributed by atoms with van der Waals surface area (Å²) in [6.07, 6.45) is 0. The Morgan fingerprint density at radius 2 is 1.11 bits per heavy atom. The highest BCUT2D eigenvalue weighted by molar-refractivity contribution is 7.95. The second-order valence-corrected chi connectivity index (χ2v) is 7.40. The predicted octanol–water partition coefficient (Wildman–Crippen LogP) is 4.51. The fourth-order valence-electron chi connectivity index (χ4n) is 2.18. The molecule has 0 aliphatic heterocycles. The topological polar surface area (TPSA) is 0 Å². The van der Waals surface area contributed by atoms with Gasteiger partial charge in [-0.05, 0) is 49.4 Å². The molecule has 0 aliphatic carbocycles. The molecule has 2 rings (SSSR count). The average molecular weight is 277 g/mol. The third-order valence-corrected chi connectivity index (χ3v) is 6.07. The van der Waals surface area contributed by atoms with Crippen LogP contribution < -0.4 is 10.6 Å². The van der Waals surface area contributed by atoms with Gasteiger partial charge in [0, 0.05) is 0 Å². The van der Waals surface area contributed by atoms with Gasteiger partial charge in [-0.25, -0.2) is 0 Å². The lowest BCUT2D eigenvalue weighted by Gasteiger charge is -2.16. The maximum atomic E-state index is 6.71. The van der Waals surface area contributed by atoms with Gasteiger partial charge in [0.25, 0.3) is 0 Å². The molecule has 2 heteroatoms. The normalized spacial score (nSPS) is 11.0. The lowest BCUT2D eigenvalue weighted by Crippen LogP contribution is -2.13. The highest BCUT2D eigenvalue weighted by Crippen LogP contribution is 2.41. The van der Waals surface area contributed by atoms with Crippen LogP contribution in [0.25, 0.3) is 0 Å². The predicted molar refractivity (Wildman–Crippen MR) is 83.9 cm³/mol. The molecule has 2 aromatic carbocycles. The number of rotatable bonds is 2. The van der Waals surface area contributed by atoms with Gasteiger partial charge in [0.05, 0.1) is 7.27 Å². The van der Waals surface area contributed by atoms with Crippen molar-refractivity contribution in [2.75, 3.05) is 0 Å². The summed E-state index contributed by atoms with van der Waals surface area (Å²) < 4.78 is 0. The van der Waals surface area contributed by atoms with E-state index >= 15 is 0 Å². The lowest BCUT2D eigenvalue weighted by atomic mass is 10.2. The Labute approximate surface area is 116 Å². The van der Waals surface area contributed by atoms with Crippen LogP contribution in [-0.2, 0) is 0 Å². The third-order valence-electron chi connectivity index (χ3n) is 3.13. The molecule has 0 unspecified atom stereocenters. The van der Waals surface area contributed by atoms with Crippen molar-refractivity contribution >= 4 is 29.1 Å². The largest absolute Gasteiger partial charge is 0.0858 e. The number of benzene rings is 2. The molecule has 94 valence electrons. The standard InChI is InChI=1S/C16H18ClP/c1-11-5-7-15(13(3)9-11)18(17)16-8-6-12(2)10-14(16)4/h5-10H,1-4H3. The van der Waals surface area contributed by atoms with Crippen molar-refractivity contribution in [1.29, 1.82) is 0 Å². The van der Waals surface area contributed by atoms with Gasteiger partial charge >= 0.3 is 0 Å². The summed E-state index contributed by atoms with van der Waals surface area (Å²) in [5.41, 5.74) is 5.15. The van der Waals surface area contributed by atoms with Crippen LogP contribution in [0.5, 0.6) is 0 Å². The summed E-state index contributed by atoms with van der Waals surface area (Å²) in [5, 5.41) is 2.54. The van der Waals surface area contributed by atoms with Gasteiger partial charge in [0.15, 0.2) is 0 Å². The van der Waals surface area contributed by atoms with Crippen LogP contribution in [-0.4, -0.2) is 0 Å². The van der Waals surface area contributed by atoms with Crippen LogP contribution in [0.4, 0.5) is 0 Å². The van der Waals surface area contributed by atoms with E-state index in [2.05, 4.69) is 64.1 Å². The molecule has 0 saturated heterocycles. The Morgan fingerprint density at radius 3 is 1.44 bits per heavy atom. The molecule has 18 heavy (non-hydrogen) atoms. The summed E-state index contributed by atoms with van der Waals surface area (Å²) in [4.78, 5) is 0. The first-order valence-electron chi connectivity index (χ1n) is 6.09. The van der Waals surface area contributed by atoms with Crippen molar-refractivity contribution in [2.24, 2.45) is 0 Å². The Hall–Kier alpha value is -0.840. The van der Waals surface area contributed by atoms with Gasteiger partial charge in [0.2, 0.25) is 0 Å². The molecule has 0 saturated carbocycles. The molecule has 0 aromatic heterocycles. The molecule has 0 heterocycles. The highest BCUT2D eigenvalue weighted by atomic mass is 35.7. The zero-order chi connectivity index (χ0) is 13.3. The maximum absolute atomic E-state index is 6.71. The minimum Gasteiger partial charge on any atom is -0.0858 e. The van der Waals surface area contributed by atoms with Crippen LogP contribution in [0, 0.1) is 27.7 Å². The van der Waals surface area contributed by atoms with E-state index in [1.54, 1.807) is 0 Å². The van der Waals surface area contributed by atoms with Crippen LogP contribution in [0.2, 0.25) is 0 Å².